The van der Waals surface area contributed by atoms with Crippen LogP contribution in [-0.2, 0) is 14.3 Å². The number of alkyl carbamates (subject to hydrolysis) is 1. The Labute approximate surface area is 154 Å². The standard InChI is InChI=1S/C19H29NO6/c1-5-6-11-25-18(23)20-16(17(21)22)14-7-9-15(10-8-14)24-12-13-26-19(2,3)4/h7-10,16H,5-6,11-13H2,1-4H3,(H,20,23)(H,21,22). The van der Waals surface area contributed by atoms with Crippen molar-refractivity contribution in [3.63, 3.8) is 0 Å². The first-order valence-electron chi connectivity index (χ1n) is 8.75. The van der Waals surface area contributed by atoms with E-state index in [2.05, 4.69) is 5.32 Å². The Kier molecular flexibility index (Phi) is 8.92. The van der Waals surface area contributed by atoms with Gasteiger partial charge in [0.25, 0.3) is 0 Å². The van der Waals surface area contributed by atoms with Crippen LogP contribution in [0.5, 0.6) is 5.75 Å². The zero-order chi connectivity index (χ0) is 19.6. The number of carboxylic acids is 1. The van der Waals surface area contributed by atoms with E-state index < -0.39 is 18.1 Å². The molecule has 1 aromatic rings. The molecule has 0 fully saturated rings. The molecule has 1 unspecified atom stereocenters. The molecule has 0 saturated carbocycles. The Balaban J connectivity index is 2.56. The summed E-state index contributed by atoms with van der Waals surface area (Å²) >= 11 is 0. The van der Waals surface area contributed by atoms with Crippen LogP contribution < -0.4 is 10.1 Å². The monoisotopic (exact) mass is 367 g/mol. The topological polar surface area (TPSA) is 94.1 Å². The fraction of sp³-hybridized carbons (Fsp3) is 0.579. The summed E-state index contributed by atoms with van der Waals surface area (Å²) in [4.78, 5) is 23.1. The highest BCUT2D eigenvalue weighted by Gasteiger charge is 2.22. The van der Waals surface area contributed by atoms with Crippen molar-refractivity contribution in [3.05, 3.63) is 29.8 Å². The number of ether oxygens (including phenoxy) is 3. The highest BCUT2D eigenvalue weighted by molar-refractivity contribution is 5.81. The molecule has 7 nitrogen and oxygen atoms in total. The molecule has 146 valence electrons. The van der Waals surface area contributed by atoms with Gasteiger partial charge in [-0.05, 0) is 44.9 Å². The molecule has 1 aromatic carbocycles. The number of aliphatic carboxylic acids is 1. The van der Waals surface area contributed by atoms with Crippen molar-refractivity contribution >= 4 is 12.1 Å². The van der Waals surface area contributed by atoms with Crippen LogP contribution in [-0.4, -0.2) is 42.6 Å². The largest absolute Gasteiger partial charge is 0.491 e. The van der Waals surface area contributed by atoms with Gasteiger partial charge in [0.2, 0.25) is 0 Å². The van der Waals surface area contributed by atoms with Crippen molar-refractivity contribution in [2.75, 3.05) is 19.8 Å². The number of benzene rings is 1. The molecule has 0 bridgehead atoms. The quantitative estimate of drug-likeness (QED) is 0.614. The van der Waals surface area contributed by atoms with Gasteiger partial charge < -0.3 is 24.6 Å². The molecule has 0 aromatic heterocycles. The van der Waals surface area contributed by atoms with Gasteiger partial charge in [-0.2, -0.15) is 0 Å². The summed E-state index contributed by atoms with van der Waals surface area (Å²) in [5.41, 5.74) is 0.211. The number of rotatable bonds is 10. The third-order valence-corrected chi connectivity index (χ3v) is 3.34. The van der Waals surface area contributed by atoms with E-state index in [-0.39, 0.29) is 12.2 Å². The minimum absolute atomic E-state index is 0.223. The van der Waals surface area contributed by atoms with Gasteiger partial charge in [-0.1, -0.05) is 25.5 Å². The molecule has 0 aliphatic rings. The molecule has 0 radical (unpaired) electrons. The van der Waals surface area contributed by atoms with Crippen molar-refractivity contribution in [3.8, 4) is 5.75 Å². The molecule has 0 aliphatic carbocycles. The van der Waals surface area contributed by atoms with Gasteiger partial charge in [0.05, 0.1) is 18.8 Å². The Morgan fingerprint density at radius 1 is 1.12 bits per heavy atom. The number of hydrogen-bond acceptors (Lipinski definition) is 5. The maximum atomic E-state index is 11.7. The van der Waals surface area contributed by atoms with Crippen LogP contribution in [0.3, 0.4) is 0 Å². The first-order chi connectivity index (χ1) is 12.2. The van der Waals surface area contributed by atoms with Crippen LogP contribution in [0.1, 0.15) is 52.1 Å². The Hall–Kier alpha value is -2.28. The maximum Gasteiger partial charge on any atom is 0.408 e. The number of unbranched alkanes of at least 4 members (excludes halogenated alkanes) is 1. The van der Waals surface area contributed by atoms with E-state index in [0.717, 1.165) is 12.8 Å². The smallest absolute Gasteiger partial charge is 0.408 e. The van der Waals surface area contributed by atoms with Gasteiger partial charge in [-0.25, -0.2) is 9.59 Å². The van der Waals surface area contributed by atoms with Crippen LogP contribution in [0, 0.1) is 0 Å². The molecule has 1 amide bonds. The van der Waals surface area contributed by atoms with Crippen LogP contribution in [0.25, 0.3) is 0 Å². The minimum atomic E-state index is -1.18. The SMILES string of the molecule is CCCCOC(=O)NC(C(=O)O)c1ccc(OCCOC(C)(C)C)cc1. The van der Waals surface area contributed by atoms with Gasteiger partial charge in [-0.15, -0.1) is 0 Å². The van der Waals surface area contributed by atoms with E-state index in [9.17, 15) is 14.7 Å². The summed E-state index contributed by atoms with van der Waals surface area (Å²) in [6.07, 6.45) is 0.874. The highest BCUT2D eigenvalue weighted by atomic mass is 16.5. The number of amides is 1. The summed E-state index contributed by atoms with van der Waals surface area (Å²) in [5, 5.41) is 11.7. The van der Waals surface area contributed by atoms with Gasteiger partial charge in [-0.3, -0.25) is 0 Å². The first-order valence-corrected chi connectivity index (χ1v) is 8.75. The number of nitrogens with one attached hydrogen (secondary N) is 1. The summed E-state index contributed by atoms with van der Waals surface area (Å²) < 4.78 is 16.1. The van der Waals surface area contributed by atoms with E-state index in [0.29, 0.717) is 24.5 Å². The normalized spacial score (nSPS) is 12.3. The van der Waals surface area contributed by atoms with Crippen molar-refractivity contribution < 1.29 is 28.9 Å². The summed E-state index contributed by atoms with van der Waals surface area (Å²) in [6.45, 7) is 8.98. The fourth-order valence-corrected chi connectivity index (χ4v) is 2.02. The molecule has 0 spiro atoms. The molecule has 1 atom stereocenters. The van der Waals surface area contributed by atoms with Crippen LogP contribution in [0.4, 0.5) is 4.79 Å². The Morgan fingerprint density at radius 2 is 1.77 bits per heavy atom. The number of carbonyl (C=O) groups excluding carboxylic acids is 1. The average molecular weight is 367 g/mol. The third-order valence-electron chi connectivity index (χ3n) is 3.34. The zero-order valence-corrected chi connectivity index (χ0v) is 15.9. The number of hydrogen-bond donors (Lipinski definition) is 2. The predicted molar refractivity (Wildman–Crippen MR) is 97.4 cm³/mol. The molecule has 7 heteroatoms. The lowest BCUT2D eigenvalue weighted by Crippen LogP contribution is -2.34. The molecule has 0 aliphatic heterocycles. The maximum absolute atomic E-state index is 11.7. The number of carbonyl (C=O) groups is 2. The Bertz CT molecular complexity index is 564. The number of carboxylic acid groups (broad SMARTS) is 1. The fourth-order valence-electron chi connectivity index (χ4n) is 2.02. The van der Waals surface area contributed by atoms with Crippen LogP contribution in [0.15, 0.2) is 24.3 Å². The summed E-state index contributed by atoms with van der Waals surface area (Å²) in [6, 6.07) is 5.34. The van der Waals surface area contributed by atoms with E-state index >= 15 is 0 Å². The summed E-state index contributed by atoms with van der Waals surface area (Å²) in [5.74, 6) is -0.564. The lowest BCUT2D eigenvalue weighted by molar-refractivity contribution is -0.139. The van der Waals surface area contributed by atoms with Gasteiger partial charge in [0, 0.05) is 0 Å². The molecular weight excluding hydrogens is 338 g/mol. The molecular formula is C19H29NO6. The highest BCUT2D eigenvalue weighted by Crippen LogP contribution is 2.19. The lowest BCUT2D eigenvalue weighted by atomic mass is 10.1. The molecule has 0 saturated heterocycles. The third kappa shape index (κ3) is 8.71. The van der Waals surface area contributed by atoms with E-state index in [1.165, 1.54) is 0 Å². The van der Waals surface area contributed by atoms with Crippen molar-refractivity contribution in [2.24, 2.45) is 0 Å². The Morgan fingerprint density at radius 3 is 2.31 bits per heavy atom. The van der Waals surface area contributed by atoms with Crippen LogP contribution >= 0.6 is 0 Å². The van der Waals surface area contributed by atoms with Crippen LogP contribution in [0.2, 0.25) is 0 Å². The lowest BCUT2D eigenvalue weighted by Gasteiger charge is -2.19. The van der Waals surface area contributed by atoms with Gasteiger partial charge >= 0.3 is 12.1 Å². The first kappa shape index (κ1) is 21.8. The van der Waals surface area contributed by atoms with Crippen molar-refractivity contribution in [1.29, 1.82) is 0 Å². The average Bonchev–Trinajstić information content (AvgIpc) is 2.56. The molecule has 1 rings (SSSR count). The van der Waals surface area contributed by atoms with Crippen molar-refractivity contribution in [1.82, 2.24) is 5.32 Å². The van der Waals surface area contributed by atoms with Gasteiger partial charge in [0.1, 0.15) is 12.4 Å². The second-order valence-corrected chi connectivity index (χ2v) is 6.78. The predicted octanol–water partition coefficient (Wildman–Crippen LogP) is 3.53. The summed E-state index contributed by atoms with van der Waals surface area (Å²) in [7, 11) is 0. The van der Waals surface area contributed by atoms with E-state index in [1.807, 2.05) is 27.7 Å². The minimum Gasteiger partial charge on any atom is -0.491 e. The second kappa shape index (κ2) is 10.7. The van der Waals surface area contributed by atoms with E-state index in [4.69, 9.17) is 14.2 Å². The molecule has 2 N–H and O–H groups in total. The van der Waals surface area contributed by atoms with Crippen molar-refractivity contribution in [2.45, 2.75) is 52.2 Å². The molecule has 0 heterocycles. The van der Waals surface area contributed by atoms with E-state index in [1.54, 1.807) is 24.3 Å². The van der Waals surface area contributed by atoms with Gasteiger partial charge in [0.15, 0.2) is 6.04 Å². The second-order valence-electron chi connectivity index (χ2n) is 6.78. The molecule has 26 heavy (non-hydrogen) atoms. The zero-order valence-electron chi connectivity index (χ0n) is 15.9.